The van der Waals surface area contributed by atoms with E-state index >= 15 is 0 Å². The molecule has 2 rings (SSSR count). The molecule has 1 amide bonds. The Balaban J connectivity index is 1.43. The van der Waals surface area contributed by atoms with Crippen LogP contribution in [0.25, 0.3) is 0 Å². The van der Waals surface area contributed by atoms with E-state index in [-0.39, 0.29) is 18.6 Å². The number of allylic oxidation sites excluding steroid dienone is 10. The van der Waals surface area contributed by atoms with Crippen molar-refractivity contribution in [3.05, 3.63) is 93.6 Å². The molecule has 0 aromatic carbocycles. The van der Waals surface area contributed by atoms with E-state index in [1.807, 2.05) is 11.9 Å². The molecule has 1 aromatic heterocycles. The maximum Gasteiger partial charge on any atom is 0.330 e. The lowest BCUT2D eigenvalue weighted by atomic mass is 10.2. The number of rotatable bonds is 27. The van der Waals surface area contributed by atoms with Gasteiger partial charge >= 0.3 is 5.69 Å². The number of hydrogen-bond acceptors (Lipinski definition) is 9. The maximum absolute atomic E-state index is 13.6. The van der Waals surface area contributed by atoms with E-state index in [4.69, 9.17) is 13.8 Å². The molecule has 3 N–H and O–H groups in total. The van der Waals surface area contributed by atoms with Crippen LogP contribution in [0.2, 0.25) is 0 Å². The summed E-state index contributed by atoms with van der Waals surface area (Å²) in [5.41, 5.74) is -1.75. The van der Waals surface area contributed by atoms with Crippen LogP contribution in [-0.4, -0.2) is 59.4 Å². The summed E-state index contributed by atoms with van der Waals surface area (Å²) in [6.07, 6.45) is 30.1. The van der Waals surface area contributed by atoms with Crippen LogP contribution in [0.4, 0.5) is 4.39 Å². The fourth-order valence-corrected chi connectivity index (χ4v) is 7.50. The highest BCUT2D eigenvalue weighted by Gasteiger charge is 2.29. The molecule has 3 atom stereocenters. The van der Waals surface area contributed by atoms with Gasteiger partial charge in [-0.2, -0.15) is 4.39 Å². The highest BCUT2D eigenvalue weighted by atomic mass is 33.1. The first kappa shape index (κ1) is 42.9. The number of ether oxygens (including phenoxy) is 1. The molecule has 49 heavy (non-hydrogen) atoms. The largest absolute Gasteiger partial charge is 0.355 e. The molecule has 1 saturated heterocycles. The number of aromatic nitrogens is 2. The first-order chi connectivity index (χ1) is 23.9. The Morgan fingerprint density at radius 1 is 0.959 bits per heavy atom. The predicted octanol–water partition coefficient (Wildman–Crippen LogP) is 7.64. The van der Waals surface area contributed by atoms with E-state index in [0.29, 0.717) is 39.0 Å². The van der Waals surface area contributed by atoms with Crippen molar-refractivity contribution in [2.45, 2.75) is 90.4 Å². The molecule has 3 unspecified atom stereocenters. The van der Waals surface area contributed by atoms with Crippen LogP contribution in [0.15, 0.2) is 76.5 Å². The number of carbonyl (C=O) groups is 1. The van der Waals surface area contributed by atoms with Crippen molar-refractivity contribution in [1.82, 2.24) is 20.0 Å². The first-order valence-electron chi connectivity index (χ1n) is 17.2. The second kappa shape index (κ2) is 28.4. The highest BCUT2D eigenvalue weighted by Crippen LogP contribution is 2.36. The van der Waals surface area contributed by atoms with Crippen molar-refractivity contribution < 1.29 is 23.0 Å². The van der Waals surface area contributed by atoms with Gasteiger partial charge in [0.1, 0.15) is 6.23 Å². The quantitative estimate of drug-likeness (QED) is 0.0362. The van der Waals surface area contributed by atoms with E-state index in [9.17, 15) is 18.8 Å². The van der Waals surface area contributed by atoms with Gasteiger partial charge in [-0.1, -0.05) is 89.3 Å². The van der Waals surface area contributed by atoms with Crippen LogP contribution in [-0.2, 0) is 18.6 Å². The number of carbonyl (C=O) groups excluding carboxylic acids is 1. The van der Waals surface area contributed by atoms with Gasteiger partial charge in [0.15, 0.2) is 0 Å². The van der Waals surface area contributed by atoms with Crippen LogP contribution in [0, 0.1) is 5.82 Å². The van der Waals surface area contributed by atoms with Gasteiger partial charge in [0, 0.05) is 31.0 Å². The summed E-state index contributed by atoms with van der Waals surface area (Å²) in [4.78, 5) is 37.3. The Morgan fingerprint density at radius 3 is 2.24 bits per heavy atom. The summed E-state index contributed by atoms with van der Waals surface area (Å²) in [7, 11) is 2.11. The number of nitrogens with zero attached hydrogens (tertiary/aromatic N) is 1. The number of aromatic amines is 1. The maximum atomic E-state index is 13.6. The Kier molecular flexibility index (Phi) is 24.9. The minimum absolute atomic E-state index is 0.0922. The van der Waals surface area contributed by atoms with E-state index in [1.165, 1.54) is 0 Å². The van der Waals surface area contributed by atoms with Crippen LogP contribution in [0.1, 0.15) is 84.3 Å². The highest BCUT2D eigenvalue weighted by molar-refractivity contribution is 8.76. The third kappa shape index (κ3) is 20.9. The average molecular weight is 741 g/mol. The molecule has 274 valence electrons. The van der Waals surface area contributed by atoms with E-state index in [1.54, 1.807) is 21.6 Å². The molecule has 10 nitrogen and oxygen atoms in total. The Labute approximate surface area is 299 Å². The lowest BCUT2D eigenvalue weighted by Crippen LogP contribution is -2.34. The third-order valence-electron chi connectivity index (χ3n) is 6.89. The Morgan fingerprint density at radius 2 is 1.59 bits per heavy atom. The molecule has 14 heteroatoms. The third-order valence-corrected chi connectivity index (χ3v) is 10.7. The molecule has 2 heterocycles. The second-order valence-corrected chi connectivity index (χ2v) is 15.0. The molecule has 1 aliphatic rings. The van der Waals surface area contributed by atoms with Crippen molar-refractivity contribution in [3.63, 3.8) is 0 Å². The lowest BCUT2D eigenvalue weighted by Gasteiger charge is -2.20. The zero-order valence-corrected chi connectivity index (χ0v) is 31.4. The number of halogens is 1. The van der Waals surface area contributed by atoms with Crippen LogP contribution in [0.5, 0.6) is 0 Å². The summed E-state index contributed by atoms with van der Waals surface area (Å²) in [6, 6.07) is 0. The topological polar surface area (TPSA) is 124 Å². The van der Waals surface area contributed by atoms with Gasteiger partial charge in [-0.05, 0) is 64.7 Å². The van der Waals surface area contributed by atoms with Crippen molar-refractivity contribution in [1.29, 1.82) is 0 Å². The smallest absolute Gasteiger partial charge is 0.330 e. The zero-order valence-electron chi connectivity index (χ0n) is 28.9. The van der Waals surface area contributed by atoms with E-state index < -0.39 is 31.8 Å². The van der Waals surface area contributed by atoms with E-state index in [0.717, 1.165) is 67.2 Å². The second-order valence-electron chi connectivity index (χ2n) is 10.9. The minimum atomic E-state index is -1.32. The molecule has 1 aliphatic heterocycles. The summed E-state index contributed by atoms with van der Waals surface area (Å²) in [5.74, 6) is 0.722. The van der Waals surface area contributed by atoms with Crippen molar-refractivity contribution in [2.24, 2.45) is 0 Å². The first-order valence-corrected chi connectivity index (χ1v) is 20.8. The predicted molar refractivity (Wildman–Crippen MR) is 203 cm³/mol. The summed E-state index contributed by atoms with van der Waals surface area (Å²) in [6.45, 7) is 6.12. The van der Waals surface area contributed by atoms with Gasteiger partial charge in [0.2, 0.25) is 11.7 Å². The number of hydrogen-bond donors (Lipinski definition) is 3. The van der Waals surface area contributed by atoms with Crippen molar-refractivity contribution >= 4 is 36.0 Å². The number of H-pyrrole nitrogens is 1. The van der Waals surface area contributed by atoms with Gasteiger partial charge in [-0.15, -0.1) is 0 Å². The molecular formula is C35H54FN4O6PS2. The standard InChI is InChI=1S/C35H54FN4O6PS2/c1-3-5-6-7-8-9-10-11-12-13-14-15-16-17-18-19-20-21-32(41)37-24-26-48-49-27-25-38-47(44-4-2)45-29-30-22-23-33(46-30)40-28-31(36)34(42)39-35(40)43/h5-6,8-9,11-12,14-15,17-18,28,30,33,38H,3-4,7,10,13,16,19-27,29H2,1-2H3,(H,37,41)(H,39,42,43)/b6-5-,9-8-,12-11-,15-14-,18-17-. The fourth-order valence-electron chi connectivity index (χ4n) is 4.45. The van der Waals surface area contributed by atoms with Gasteiger partial charge in [0.05, 0.1) is 25.5 Å². The van der Waals surface area contributed by atoms with Crippen molar-refractivity contribution in [2.75, 3.05) is 37.8 Å². The molecule has 0 spiro atoms. The minimum Gasteiger partial charge on any atom is -0.355 e. The average Bonchev–Trinajstić information content (AvgIpc) is 3.56. The molecular weight excluding hydrogens is 687 g/mol. The number of nitrogens with one attached hydrogen (secondary N) is 3. The SMILES string of the molecule is CC/C=C\C/C=C\C/C=C\C/C=C\C/C=C\CCCC(=O)NCCSSCCNP(OCC)OCC1CCC(n2cc(F)c(=O)[nH]c2=O)O1. The Bertz CT molecular complexity index is 1320. The monoisotopic (exact) mass is 740 g/mol. The molecule has 1 fully saturated rings. The summed E-state index contributed by atoms with van der Waals surface area (Å²) >= 11 is 0. The van der Waals surface area contributed by atoms with Gasteiger partial charge in [0.25, 0.3) is 14.1 Å². The molecule has 0 saturated carbocycles. The zero-order chi connectivity index (χ0) is 35.4. The number of amides is 1. The number of unbranched alkanes of at least 4 members (excludes halogenated alkanes) is 1. The summed E-state index contributed by atoms with van der Waals surface area (Å²) in [5, 5.41) is 6.27. The molecule has 0 bridgehead atoms. The molecule has 1 aromatic rings. The van der Waals surface area contributed by atoms with Gasteiger partial charge in [-0.3, -0.25) is 19.1 Å². The van der Waals surface area contributed by atoms with Gasteiger partial charge < -0.3 is 19.1 Å². The van der Waals surface area contributed by atoms with Gasteiger partial charge in [-0.25, -0.2) is 9.88 Å². The van der Waals surface area contributed by atoms with Crippen LogP contribution in [0.3, 0.4) is 0 Å². The normalized spacial score (nSPS) is 17.5. The Hall–Kier alpha value is -2.25. The summed E-state index contributed by atoms with van der Waals surface area (Å²) < 4.78 is 32.1. The van der Waals surface area contributed by atoms with Crippen LogP contribution < -0.4 is 21.7 Å². The molecule has 0 radical (unpaired) electrons. The van der Waals surface area contributed by atoms with Crippen LogP contribution >= 0.6 is 30.1 Å². The van der Waals surface area contributed by atoms with Crippen molar-refractivity contribution in [3.8, 4) is 0 Å². The lowest BCUT2D eigenvalue weighted by molar-refractivity contribution is -0.121. The molecule has 0 aliphatic carbocycles. The van der Waals surface area contributed by atoms with E-state index in [2.05, 4.69) is 78.1 Å². The fraction of sp³-hybridized carbons (Fsp3) is 0.571.